The highest BCUT2D eigenvalue weighted by molar-refractivity contribution is 5.75. The number of hydrogen-bond donors (Lipinski definition) is 4. The molecular formula is C26H41N7O. The lowest BCUT2D eigenvalue weighted by Gasteiger charge is -2.18. The number of nitrogens with zero attached hydrogens (tertiary/aromatic N) is 3. The van der Waals surface area contributed by atoms with E-state index in [4.69, 9.17) is 11.5 Å². The molecule has 0 aliphatic carbocycles. The van der Waals surface area contributed by atoms with Gasteiger partial charge in [-0.3, -0.25) is 4.57 Å². The van der Waals surface area contributed by atoms with E-state index in [2.05, 4.69) is 34.0 Å². The Bertz CT molecular complexity index is 1070. The van der Waals surface area contributed by atoms with Crippen molar-refractivity contribution in [1.82, 2.24) is 24.8 Å². The van der Waals surface area contributed by atoms with Gasteiger partial charge in [-0.15, -0.1) is 0 Å². The molecule has 1 saturated heterocycles. The van der Waals surface area contributed by atoms with Gasteiger partial charge in [0.2, 0.25) is 0 Å². The first kappa shape index (κ1) is 26.1. The molecule has 8 heteroatoms. The highest BCUT2D eigenvalue weighted by atomic mass is 16.1. The lowest BCUT2D eigenvalue weighted by atomic mass is 10.1. The van der Waals surface area contributed by atoms with Crippen LogP contribution in [-0.2, 0) is 6.54 Å². The van der Waals surface area contributed by atoms with Crippen LogP contribution in [0.15, 0.2) is 41.3 Å². The van der Waals surface area contributed by atoms with E-state index < -0.39 is 0 Å². The van der Waals surface area contributed by atoms with Crippen LogP contribution in [0.1, 0.15) is 37.9 Å². The Morgan fingerprint density at radius 2 is 2.03 bits per heavy atom. The average molecular weight is 468 g/mol. The van der Waals surface area contributed by atoms with Crippen molar-refractivity contribution in [2.75, 3.05) is 39.3 Å². The molecule has 6 N–H and O–H groups in total. The summed E-state index contributed by atoms with van der Waals surface area (Å²) in [4.78, 5) is 21.9. The second-order valence-corrected chi connectivity index (χ2v) is 9.63. The van der Waals surface area contributed by atoms with Crippen molar-refractivity contribution in [1.29, 1.82) is 0 Å². The number of aryl methyl sites for hydroxylation is 1. The van der Waals surface area contributed by atoms with Gasteiger partial charge in [-0.2, -0.15) is 4.98 Å². The predicted octanol–water partition coefficient (Wildman–Crippen LogP) is 2.38. The van der Waals surface area contributed by atoms with E-state index in [9.17, 15) is 4.79 Å². The van der Waals surface area contributed by atoms with Crippen LogP contribution in [0, 0.1) is 18.8 Å². The summed E-state index contributed by atoms with van der Waals surface area (Å²) in [6, 6.07) is 9.89. The molecule has 2 atom stereocenters. The summed E-state index contributed by atoms with van der Waals surface area (Å²) < 4.78 is 1.57. The van der Waals surface area contributed by atoms with E-state index in [1.807, 2.05) is 43.5 Å². The smallest absolute Gasteiger partial charge is 0.343 e. The normalized spacial score (nSPS) is 17.0. The summed E-state index contributed by atoms with van der Waals surface area (Å²) in [5, 5.41) is 4.26. The van der Waals surface area contributed by atoms with Crippen LogP contribution < -0.4 is 22.5 Å². The van der Waals surface area contributed by atoms with E-state index in [1.165, 1.54) is 31.6 Å². The van der Waals surface area contributed by atoms with Gasteiger partial charge < -0.3 is 26.7 Å². The summed E-state index contributed by atoms with van der Waals surface area (Å²) in [6.45, 7) is 13.5. The lowest BCUT2D eigenvalue weighted by molar-refractivity contribution is 0.283. The Morgan fingerprint density at radius 3 is 2.68 bits per heavy atom. The van der Waals surface area contributed by atoms with Crippen molar-refractivity contribution in [2.24, 2.45) is 23.3 Å². The number of nitrogens with two attached hydrogens (primary N) is 2. The van der Waals surface area contributed by atoms with Crippen LogP contribution in [0.5, 0.6) is 0 Å². The zero-order valence-electron chi connectivity index (χ0n) is 20.9. The fraction of sp³-hybridized carbons (Fsp3) is 0.538. The van der Waals surface area contributed by atoms with Gasteiger partial charge in [-0.1, -0.05) is 26.0 Å². The van der Waals surface area contributed by atoms with Crippen LogP contribution in [0.3, 0.4) is 0 Å². The molecule has 0 saturated carbocycles. The molecule has 186 valence electrons. The first-order valence-electron chi connectivity index (χ1n) is 12.4. The molecule has 4 rings (SSSR count). The van der Waals surface area contributed by atoms with E-state index in [1.54, 1.807) is 4.57 Å². The molecule has 3 aromatic rings. The average Bonchev–Trinajstić information content (AvgIpc) is 3.40. The Morgan fingerprint density at radius 1 is 1.26 bits per heavy atom. The molecule has 0 radical (unpaired) electrons. The zero-order valence-corrected chi connectivity index (χ0v) is 20.9. The molecule has 0 spiro atoms. The van der Waals surface area contributed by atoms with Crippen molar-refractivity contribution in [3.05, 3.63) is 58.3 Å². The van der Waals surface area contributed by atoms with E-state index in [-0.39, 0.29) is 5.69 Å². The van der Waals surface area contributed by atoms with Gasteiger partial charge in [-0.05, 0) is 81.5 Å². The van der Waals surface area contributed by atoms with Crippen LogP contribution in [-0.4, -0.2) is 58.7 Å². The SMILES string of the molecule is C[C@H](CN)CN1CC[C@@H](C)C1.Cc1cc2cn(-c3ccc(CNCCCN)cc3)c(=O)nc2[nH]1. The minimum atomic E-state index is -0.284. The largest absolute Gasteiger partial charge is 0.354 e. The Balaban J connectivity index is 0.000000248. The van der Waals surface area contributed by atoms with E-state index in [0.29, 0.717) is 18.1 Å². The Labute approximate surface area is 202 Å². The second-order valence-electron chi connectivity index (χ2n) is 9.63. The number of likely N-dealkylation sites (tertiary alicyclic amines) is 1. The fourth-order valence-corrected chi connectivity index (χ4v) is 4.26. The lowest BCUT2D eigenvalue weighted by Crippen LogP contribution is -2.29. The van der Waals surface area contributed by atoms with Gasteiger partial charge in [-0.25, -0.2) is 4.79 Å². The molecule has 3 heterocycles. The fourth-order valence-electron chi connectivity index (χ4n) is 4.26. The minimum Gasteiger partial charge on any atom is -0.343 e. The van der Waals surface area contributed by atoms with Crippen molar-refractivity contribution in [3.8, 4) is 5.69 Å². The standard InChI is InChI=1S/C17H21N5O.C9H20N2/c1-12-9-14-11-22(17(23)21-16(14)20-12)15-5-3-13(4-6-15)10-19-8-2-7-18;1-8-3-4-11(6-8)7-9(2)5-10/h3-6,9,11,19H,2,7-8,10,18H2,1H3,(H,20,21,23);8-9H,3-7,10H2,1-2H3/t;8-,9-/m.1/s1. The monoisotopic (exact) mass is 467 g/mol. The number of rotatable bonds is 9. The first-order valence-corrected chi connectivity index (χ1v) is 12.4. The molecule has 8 nitrogen and oxygen atoms in total. The number of hydrogen-bond acceptors (Lipinski definition) is 6. The molecular weight excluding hydrogens is 426 g/mol. The molecule has 1 aliphatic rings. The highest BCUT2D eigenvalue weighted by Gasteiger charge is 2.19. The van der Waals surface area contributed by atoms with E-state index >= 15 is 0 Å². The molecule has 1 aromatic carbocycles. The second kappa shape index (κ2) is 12.8. The van der Waals surface area contributed by atoms with Gasteiger partial charge >= 0.3 is 5.69 Å². The number of benzene rings is 1. The number of aromatic amines is 1. The van der Waals surface area contributed by atoms with Crippen LogP contribution in [0.25, 0.3) is 16.7 Å². The minimum absolute atomic E-state index is 0.284. The van der Waals surface area contributed by atoms with Crippen molar-refractivity contribution in [3.63, 3.8) is 0 Å². The third kappa shape index (κ3) is 7.50. The van der Waals surface area contributed by atoms with Crippen LogP contribution in [0.2, 0.25) is 0 Å². The zero-order chi connectivity index (χ0) is 24.5. The number of H-pyrrole nitrogens is 1. The molecule has 0 bridgehead atoms. The predicted molar refractivity (Wildman–Crippen MR) is 140 cm³/mol. The summed E-state index contributed by atoms with van der Waals surface area (Å²) in [5.74, 6) is 1.57. The summed E-state index contributed by atoms with van der Waals surface area (Å²) in [5.41, 5.74) is 14.3. The van der Waals surface area contributed by atoms with Crippen molar-refractivity contribution in [2.45, 2.75) is 40.2 Å². The topological polar surface area (TPSA) is 118 Å². The molecule has 1 aliphatic heterocycles. The van der Waals surface area contributed by atoms with Gasteiger partial charge in [0.25, 0.3) is 0 Å². The molecule has 0 amide bonds. The molecule has 2 aromatic heterocycles. The van der Waals surface area contributed by atoms with Gasteiger partial charge in [0, 0.05) is 36.9 Å². The number of fused-ring (bicyclic) bond motifs is 1. The van der Waals surface area contributed by atoms with Crippen LogP contribution >= 0.6 is 0 Å². The Kier molecular flexibility index (Phi) is 9.83. The van der Waals surface area contributed by atoms with Crippen LogP contribution in [0.4, 0.5) is 0 Å². The van der Waals surface area contributed by atoms with E-state index in [0.717, 1.165) is 48.7 Å². The summed E-state index contributed by atoms with van der Waals surface area (Å²) in [6.07, 6.45) is 4.16. The summed E-state index contributed by atoms with van der Waals surface area (Å²) >= 11 is 0. The first-order chi connectivity index (χ1) is 16.4. The van der Waals surface area contributed by atoms with Crippen molar-refractivity contribution >= 4 is 11.0 Å². The van der Waals surface area contributed by atoms with Crippen molar-refractivity contribution < 1.29 is 0 Å². The third-order valence-corrected chi connectivity index (χ3v) is 6.22. The highest BCUT2D eigenvalue weighted by Crippen LogP contribution is 2.16. The molecule has 34 heavy (non-hydrogen) atoms. The van der Waals surface area contributed by atoms with Gasteiger partial charge in [0.15, 0.2) is 0 Å². The van der Waals surface area contributed by atoms with Gasteiger partial charge in [0.05, 0.1) is 5.69 Å². The summed E-state index contributed by atoms with van der Waals surface area (Å²) in [7, 11) is 0. The Hall–Kier alpha value is -2.52. The van der Waals surface area contributed by atoms with Gasteiger partial charge in [0.1, 0.15) is 5.65 Å². The maximum atomic E-state index is 12.2. The maximum Gasteiger partial charge on any atom is 0.354 e. The maximum absolute atomic E-state index is 12.2. The number of aromatic nitrogens is 3. The molecule has 1 fully saturated rings. The third-order valence-electron chi connectivity index (χ3n) is 6.22. The number of nitrogens with one attached hydrogen (secondary N) is 2. The quantitative estimate of drug-likeness (QED) is 0.359. The molecule has 0 unspecified atom stereocenters.